The summed E-state index contributed by atoms with van der Waals surface area (Å²) in [6, 6.07) is 0. The molecule has 0 saturated heterocycles. The van der Waals surface area contributed by atoms with Gasteiger partial charge >= 0.3 is 5.97 Å². The lowest BCUT2D eigenvalue weighted by Gasteiger charge is -2.33. The van der Waals surface area contributed by atoms with E-state index in [1.807, 2.05) is 6.92 Å². The highest BCUT2D eigenvalue weighted by atomic mass is 16.5. The third-order valence-corrected chi connectivity index (χ3v) is 3.29. The van der Waals surface area contributed by atoms with Gasteiger partial charge in [0, 0.05) is 0 Å². The molecule has 0 aromatic carbocycles. The second-order valence-corrected chi connectivity index (χ2v) is 4.71. The van der Waals surface area contributed by atoms with Crippen LogP contribution in [-0.4, -0.2) is 12.6 Å². The van der Waals surface area contributed by atoms with Gasteiger partial charge in [0.25, 0.3) is 0 Å². The Kier molecular flexibility index (Phi) is 4.37. The van der Waals surface area contributed by atoms with Gasteiger partial charge in [-0.25, -0.2) is 0 Å². The van der Waals surface area contributed by atoms with E-state index in [9.17, 15) is 4.79 Å². The zero-order valence-corrected chi connectivity index (χ0v) is 10.2. The summed E-state index contributed by atoms with van der Waals surface area (Å²) < 4.78 is 5.16. The van der Waals surface area contributed by atoms with Gasteiger partial charge < -0.3 is 4.74 Å². The first-order chi connectivity index (χ1) is 7.07. The number of esters is 1. The molecule has 2 heteroatoms. The SMILES string of the molecule is CCOC(=O)[C@@H]1[C@@H](C(C)C)CC=C[C@@H]1C. The van der Waals surface area contributed by atoms with Crippen LogP contribution in [0.3, 0.4) is 0 Å². The minimum absolute atomic E-state index is 0.0203. The molecule has 15 heavy (non-hydrogen) atoms. The van der Waals surface area contributed by atoms with Crippen LogP contribution in [0.5, 0.6) is 0 Å². The van der Waals surface area contributed by atoms with Crippen molar-refractivity contribution in [2.45, 2.75) is 34.1 Å². The molecular formula is C13H22O2. The van der Waals surface area contributed by atoms with Crippen LogP contribution in [0, 0.1) is 23.7 Å². The highest BCUT2D eigenvalue weighted by Crippen LogP contribution is 2.35. The number of allylic oxidation sites excluding steroid dienone is 2. The first kappa shape index (κ1) is 12.3. The third kappa shape index (κ3) is 2.83. The molecule has 0 bridgehead atoms. The maximum Gasteiger partial charge on any atom is 0.309 e. The normalized spacial score (nSPS) is 30.6. The van der Waals surface area contributed by atoms with E-state index in [1.165, 1.54) is 0 Å². The van der Waals surface area contributed by atoms with Crippen molar-refractivity contribution in [3.05, 3.63) is 12.2 Å². The fraction of sp³-hybridized carbons (Fsp3) is 0.769. The van der Waals surface area contributed by atoms with Gasteiger partial charge in [-0.2, -0.15) is 0 Å². The first-order valence-corrected chi connectivity index (χ1v) is 5.91. The van der Waals surface area contributed by atoms with Crippen molar-refractivity contribution in [2.24, 2.45) is 23.7 Å². The Morgan fingerprint density at radius 1 is 1.53 bits per heavy atom. The summed E-state index contributed by atoms with van der Waals surface area (Å²) in [6.07, 6.45) is 5.34. The van der Waals surface area contributed by atoms with Crippen molar-refractivity contribution < 1.29 is 9.53 Å². The van der Waals surface area contributed by atoms with E-state index in [1.54, 1.807) is 0 Å². The molecule has 0 aromatic heterocycles. The fourth-order valence-electron chi connectivity index (χ4n) is 2.42. The van der Waals surface area contributed by atoms with E-state index in [0.717, 1.165) is 6.42 Å². The lowest BCUT2D eigenvalue weighted by molar-refractivity contribution is -0.152. The van der Waals surface area contributed by atoms with E-state index in [-0.39, 0.29) is 11.9 Å². The number of carbonyl (C=O) groups excluding carboxylic acids is 1. The first-order valence-electron chi connectivity index (χ1n) is 5.91. The molecule has 1 aliphatic rings. The number of carbonyl (C=O) groups is 1. The minimum Gasteiger partial charge on any atom is -0.466 e. The summed E-state index contributed by atoms with van der Waals surface area (Å²) >= 11 is 0. The van der Waals surface area contributed by atoms with Crippen molar-refractivity contribution in [3.63, 3.8) is 0 Å². The molecule has 1 aliphatic carbocycles. The van der Waals surface area contributed by atoms with Crippen LogP contribution in [0.15, 0.2) is 12.2 Å². The summed E-state index contributed by atoms with van der Waals surface area (Å²) in [5, 5.41) is 0. The molecular weight excluding hydrogens is 188 g/mol. The van der Waals surface area contributed by atoms with E-state index in [4.69, 9.17) is 4.74 Å². The van der Waals surface area contributed by atoms with Gasteiger partial charge in [0.1, 0.15) is 0 Å². The van der Waals surface area contributed by atoms with Gasteiger partial charge in [-0.3, -0.25) is 4.79 Å². The Bertz CT molecular complexity index is 243. The third-order valence-electron chi connectivity index (χ3n) is 3.29. The van der Waals surface area contributed by atoms with E-state index >= 15 is 0 Å². The molecule has 0 amide bonds. The van der Waals surface area contributed by atoms with Crippen molar-refractivity contribution in [2.75, 3.05) is 6.61 Å². The van der Waals surface area contributed by atoms with Crippen LogP contribution in [0.2, 0.25) is 0 Å². The molecule has 1 rings (SSSR count). The molecule has 0 spiro atoms. The molecule has 0 fully saturated rings. The summed E-state index contributed by atoms with van der Waals surface area (Å²) in [7, 11) is 0. The highest BCUT2D eigenvalue weighted by Gasteiger charge is 2.36. The van der Waals surface area contributed by atoms with Gasteiger partial charge in [0.05, 0.1) is 12.5 Å². The summed E-state index contributed by atoms with van der Waals surface area (Å²) in [4.78, 5) is 11.9. The van der Waals surface area contributed by atoms with Gasteiger partial charge in [-0.1, -0.05) is 32.9 Å². The average Bonchev–Trinajstić information content (AvgIpc) is 2.17. The van der Waals surface area contributed by atoms with Gasteiger partial charge in [-0.05, 0) is 31.1 Å². The Morgan fingerprint density at radius 2 is 2.20 bits per heavy atom. The molecule has 3 atom stereocenters. The lowest BCUT2D eigenvalue weighted by Crippen LogP contribution is -2.35. The largest absolute Gasteiger partial charge is 0.466 e. The predicted molar refractivity (Wildman–Crippen MR) is 61.4 cm³/mol. The molecule has 0 aliphatic heterocycles. The molecule has 0 N–H and O–H groups in total. The quantitative estimate of drug-likeness (QED) is 0.528. The van der Waals surface area contributed by atoms with Crippen molar-refractivity contribution in [1.82, 2.24) is 0 Å². The molecule has 0 heterocycles. The van der Waals surface area contributed by atoms with Crippen LogP contribution in [0.1, 0.15) is 34.1 Å². The topological polar surface area (TPSA) is 26.3 Å². The minimum atomic E-state index is -0.0203. The monoisotopic (exact) mass is 210 g/mol. The Labute approximate surface area is 92.7 Å². The second kappa shape index (κ2) is 5.34. The summed E-state index contributed by atoms with van der Waals surface area (Å²) in [6.45, 7) is 8.82. The fourth-order valence-corrected chi connectivity index (χ4v) is 2.42. The Hall–Kier alpha value is -0.790. The zero-order valence-electron chi connectivity index (χ0n) is 10.2. The molecule has 2 nitrogen and oxygen atoms in total. The van der Waals surface area contributed by atoms with Crippen LogP contribution >= 0.6 is 0 Å². The standard InChI is InChI=1S/C13H22O2/c1-5-15-13(14)12-10(4)7-6-8-11(12)9(2)3/h6-7,9-12H,5,8H2,1-4H3/t10-,11+,12-/m0/s1. The van der Waals surface area contributed by atoms with Gasteiger partial charge in [0.2, 0.25) is 0 Å². The molecule has 86 valence electrons. The molecule has 0 unspecified atom stereocenters. The lowest BCUT2D eigenvalue weighted by atomic mass is 9.71. The van der Waals surface area contributed by atoms with Crippen molar-refractivity contribution in [3.8, 4) is 0 Å². The Balaban J connectivity index is 2.79. The van der Waals surface area contributed by atoms with E-state index in [0.29, 0.717) is 24.4 Å². The van der Waals surface area contributed by atoms with Crippen molar-refractivity contribution in [1.29, 1.82) is 0 Å². The zero-order chi connectivity index (χ0) is 11.4. The Morgan fingerprint density at radius 3 is 2.73 bits per heavy atom. The van der Waals surface area contributed by atoms with Crippen molar-refractivity contribution >= 4 is 5.97 Å². The summed E-state index contributed by atoms with van der Waals surface area (Å²) in [5.74, 6) is 1.31. The predicted octanol–water partition coefficient (Wildman–Crippen LogP) is 3.03. The average molecular weight is 210 g/mol. The maximum atomic E-state index is 11.9. The molecule has 0 radical (unpaired) electrons. The smallest absolute Gasteiger partial charge is 0.309 e. The molecule has 0 aromatic rings. The van der Waals surface area contributed by atoms with Gasteiger partial charge in [-0.15, -0.1) is 0 Å². The molecule has 0 saturated carbocycles. The number of hydrogen-bond donors (Lipinski definition) is 0. The van der Waals surface area contributed by atoms with E-state index < -0.39 is 0 Å². The van der Waals surface area contributed by atoms with Crippen LogP contribution in [0.25, 0.3) is 0 Å². The number of hydrogen-bond acceptors (Lipinski definition) is 2. The number of rotatable bonds is 3. The second-order valence-electron chi connectivity index (χ2n) is 4.71. The van der Waals surface area contributed by atoms with E-state index in [2.05, 4.69) is 32.9 Å². The van der Waals surface area contributed by atoms with Crippen LogP contribution in [-0.2, 0) is 9.53 Å². The summed E-state index contributed by atoms with van der Waals surface area (Å²) in [5.41, 5.74) is 0. The number of ether oxygens (including phenoxy) is 1. The highest BCUT2D eigenvalue weighted by molar-refractivity contribution is 5.73. The maximum absolute atomic E-state index is 11.9. The van der Waals surface area contributed by atoms with Crippen LogP contribution in [0.4, 0.5) is 0 Å². The van der Waals surface area contributed by atoms with Gasteiger partial charge in [0.15, 0.2) is 0 Å². The van der Waals surface area contributed by atoms with Crippen LogP contribution < -0.4 is 0 Å².